The second-order valence-corrected chi connectivity index (χ2v) is 5.46. The summed E-state index contributed by atoms with van der Waals surface area (Å²) in [5, 5.41) is 0. The molecule has 0 amide bonds. The van der Waals surface area contributed by atoms with E-state index < -0.39 is 11.7 Å². The van der Waals surface area contributed by atoms with Crippen molar-refractivity contribution in [1.82, 2.24) is 0 Å². The zero-order valence-electron chi connectivity index (χ0n) is 11.8. The number of nitrogens with zero attached hydrogens (tertiary/aromatic N) is 1. The Hall–Kier alpha value is -1.78. The number of aldehydes is 1. The van der Waals surface area contributed by atoms with Crippen LogP contribution in [0.4, 0.5) is 18.9 Å². The van der Waals surface area contributed by atoms with Gasteiger partial charge in [0.1, 0.15) is 0 Å². The SMILES string of the molecule is C=CCN(c1ccc(C=O)c(C(F)(F)F)c1)C(C)(C)C. The van der Waals surface area contributed by atoms with E-state index in [-0.39, 0.29) is 17.4 Å². The number of alkyl halides is 3. The van der Waals surface area contributed by atoms with Crippen molar-refractivity contribution in [2.45, 2.75) is 32.5 Å². The van der Waals surface area contributed by atoms with E-state index in [4.69, 9.17) is 0 Å². The number of carbonyl (C=O) groups is 1. The van der Waals surface area contributed by atoms with Gasteiger partial charge >= 0.3 is 6.18 Å². The average molecular weight is 285 g/mol. The maximum Gasteiger partial charge on any atom is 0.417 e. The number of carbonyl (C=O) groups excluding carboxylic acids is 1. The summed E-state index contributed by atoms with van der Waals surface area (Å²) in [6, 6.07) is 3.74. The van der Waals surface area contributed by atoms with Gasteiger partial charge in [-0.25, -0.2) is 0 Å². The number of anilines is 1. The maximum atomic E-state index is 13.0. The topological polar surface area (TPSA) is 20.3 Å². The number of hydrogen-bond donors (Lipinski definition) is 0. The first kappa shape index (κ1) is 16.3. The molecule has 20 heavy (non-hydrogen) atoms. The van der Waals surface area contributed by atoms with Gasteiger partial charge in [-0.15, -0.1) is 6.58 Å². The monoisotopic (exact) mass is 285 g/mol. The lowest BCUT2D eigenvalue weighted by Crippen LogP contribution is -2.41. The highest BCUT2D eigenvalue weighted by Gasteiger charge is 2.34. The highest BCUT2D eigenvalue weighted by Crippen LogP contribution is 2.35. The molecule has 0 aromatic heterocycles. The van der Waals surface area contributed by atoms with Gasteiger partial charge < -0.3 is 4.90 Å². The number of halogens is 3. The van der Waals surface area contributed by atoms with Gasteiger partial charge in [0.25, 0.3) is 0 Å². The number of benzene rings is 1. The lowest BCUT2D eigenvalue weighted by Gasteiger charge is -2.37. The first-order valence-electron chi connectivity index (χ1n) is 6.16. The molecule has 110 valence electrons. The van der Waals surface area contributed by atoms with Crippen LogP contribution in [0.2, 0.25) is 0 Å². The van der Waals surface area contributed by atoms with Crippen molar-refractivity contribution in [2.75, 3.05) is 11.4 Å². The third kappa shape index (κ3) is 3.62. The summed E-state index contributed by atoms with van der Waals surface area (Å²) >= 11 is 0. The molecular weight excluding hydrogens is 267 g/mol. The molecule has 0 saturated carbocycles. The fraction of sp³-hybridized carbons (Fsp3) is 0.400. The van der Waals surface area contributed by atoms with Crippen LogP contribution in [-0.4, -0.2) is 18.4 Å². The van der Waals surface area contributed by atoms with Gasteiger partial charge in [0.15, 0.2) is 6.29 Å². The normalized spacial score (nSPS) is 12.1. The van der Waals surface area contributed by atoms with Crippen LogP contribution < -0.4 is 4.90 Å². The van der Waals surface area contributed by atoms with Gasteiger partial charge in [-0.05, 0) is 39.0 Å². The number of hydrogen-bond acceptors (Lipinski definition) is 2. The quantitative estimate of drug-likeness (QED) is 0.607. The molecule has 0 heterocycles. The van der Waals surface area contributed by atoms with Crippen LogP contribution in [0.5, 0.6) is 0 Å². The van der Waals surface area contributed by atoms with E-state index in [1.54, 1.807) is 11.0 Å². The van der Waals surface area contributed by atoms with Crippen molar-refractivity contribution in [2.24, 2.45) is 0 Å². The highest BCUT2D eigenvalue weighted by atomic mass is 19.4. The number of rotatable bonds is 4. The molecule has 0 N–H and O–H groups in total. The molecule has 0 aliphatic heterocycles. The fourth-order valence-electron chi connectivity index (χ4n) is 1.96. The predicted molar refractivity (Wildman–Crippen MR) is 74.1 cm³/mol. The molecule has 1 aromatic rings. The summed E-state index contributed by atoms with van der Waals surface area (Å²) in [5.41, 5.74) is -1.22. The summed E-state index contributed by atoms with van der Waals surface area (Å²) in [5.74, 6) is 0. The molecule has 0 saturated heterocycles. The molecular formula is C15H18F3NO. The van der Waals surface area contributed by atoms with Crippen LogP contribution in [0.25, 0.3) is 0 Å². The van der Waals surface area contributed by atoms with E-state index in [2.05, 4.69) is 6.58 Å². The van der Waals surface area contributed by atoms with Crippen LogP contribution in [0, 0.1) is 0 Å². The van der Waals surface area contributed by atoms with Crippen LogP contribution >= 0.6 is 0 Å². The standard InChI is InChI=1S/C15H18F3NO/c1-5-8-19(14(2,3)4)12-7-6-11(10-20)13(9-12)15(16,17)18/h5-7,9-10H,1,8H2,2-4H3. The Morgan fingerprint density at radius 3 is 2.25 bits per heavy atom. The first-order valence-corrected chi connectivity index (χ1v) is 6.16. The molecule has 0 bridgehead atoms. The van der Waals surface area contributed by atoms with E-state index >= 15 is 0 Å². The molecule has 0 aliphatic carbocycles. The summed E-state index contributed by atoms with van der Waals surface area (Å²) in [7, 11) is 0. The Bertz CT molecular complexity index is 501. The second-order valence-electron chi connectivity index (χ2n) is 5.46. The summed E-state index contributed by atoms with van der Waals surface area (Å²) in [4.78, 5) is 12.5. The summed E-state index contributed by atoms with van der Waals surface area (Å²) in [6.45, 7) is 9.74. The molecule has 1 aromatic carbocycles. The van der Waals surface area contributed by atoms with Crippen molar-refractivity contribution in [3.63, 3.8) is 0 Å². The summed E-state index contributed by atoms with van der Waals surface area (Å²) in [6.07, 6.45) is -2.70. The molecule has 0 radical (unpaired) electrons. The van der Waals surface area contributed by atoms with Crippen molar-refractivity contribution in [3.05, 3.63) is 42.0 Å². The maximum absolute atomic E-state index is 13.0. The smallest absolute Gasteiger partial charge is 0.363 e. The largest absolute Gasteiger partial charge is 0.417 e. The molecule has 2 nitrogen and oxygen atoms in total. The van der Waals surface area contributed by atoms with E-state index in [0.29, 0.717) is 12.2 Å². The van der Waals surface area contributed by atoms with Gasteiger partial charge in [-0.3, -0.25) is 4.79 Å². The molecule has 0 fully saturated rings. The van der Waals surface area contributed by atoms with Crippen LogP contribution in [0.3, 0.4) is 0 Å². The van der Waals surface area contributed by atoms with Crippen molar-refractivity contribution >= 4 is 12.0 Å². The third-order valence-corrected chi connectivity index (χ3v) is 2.90. The highest BCUT2D eigenvalue weighted by molar-refractivity contribution is 5.79. The Morgan fingerprint density at radius 2 is 1.85 bits per heavy atom. The molecule has 5 heteroatoms. The lowest BCUT2D eigenvalue weighted by atomic mass is 10.0. The summed E-state index contributed by atoms with van der Waals surface area (Å²) < 4.78 is 38.9. The first-order chi connectivity index (χ1) is 9.11. The predicted octanol–water partition coefficient (Wildman–Crippen LogP) is 4.31. The molecule has 0 unspecified atom stereocenters. The Kier molecular flexibility index (Phi) is 4.63. The average Bonchev–Trinajstić information content (AvgIpc) is 2.32. The third-order valence-electron chi connectivity index (χ3n) is 2.90. The van der Waals surface area contributed by atoms with Crippen molar-refractivity contribution in [1.29, 1.82) is 0 Å². The zero-order chi connectivity index (χ0) is 15.6. The van der Waals surface area contributed by atoms with Gasteiger partial charge in [0.05, 0.1) is 5.56 Å². The van der Waals surface area contributed by atoms with Gasteiger partial charge in [-0.1, -0.05) is 6.08 Å². The minimum atomic E-state index is -4.55. The second kappa shape index (κ2) is 5.69. The molecule has 0 aliphatic rings. The molecule has 0 spiro atoms. The van der Waals surface area contributed by atoms with Crippen molar-refractivity contribution in [3.8, 4) is 0 Å². The van der Waals surface area contributed by atoms with Crippen LogP contribution in [0.15, 0.2) is 30.9 Å². The Balaban J connectivity index is 3.39. The van der Waals surface area contributed by atoms with Crippen molar-refractivity contribution < 1.29 is 18.0 Å². The minimum absolute atomic E-state index is 0.224. The zero-order valence-corrected chi connectivity index (χ0v) is 11.8. The van der Waals surface area contributed by atoms with Crippen LogP contribution in [-0.2, 0) is 6.18 Å². The van der Waals surface area contributed by atoms with E-state index in [1.807, 2.05) is 20.8 Å². The van der Waals surface area contributed by atoms with E-state index in [9.17, 15) is 18.0 Å². The van der Waals surface area contributed by atoms with Gasteiger partial charge in [0.2, 0.25) is 0 Å². The Morgan fingerprint density at radius 1 is 1.25 bits per heavy atom. The minimum Gasteiger partial charge on any atom is -0.363 e. The Labute approximate surface area is 116 Å². The molecule has 1 rings (SSSR count). The van der Waals surface area contributed by atoms with Gasteiger partial charge in [0, 0.05) is 23.3 Å². The van der Waals surface area contributed by atoms with Gasteiger partial charge in [-0.2, -0.15) is 13.2 Å². The van der Waals surface area contributed by atoms with Crippen LogP contribution in [0.1, 0.15) is 36.7 Å². The fourth-order valence-corrected chi connectivity index (χ4v) is 1.96. The lowest BCUT2D eigenvalue weighted by molar-refractivity contribution is -0.137. The molecule has 0 atom stereocenters. The van der Waals surface area contributed by atoms with E-state index in [0.717, 1.165) is 6.07 Å². The van der Waals surface area contributed by atoms with E-state index in [1.165, 1.54) is 12.1 Å².